The molecule has 1 N–H and O–H groups in total. The third kappa shape index (κ3) is 5.37. The Balaban J connectivity index is 1.65. The lowest BCUT2D eigenvalue weighted by Gasteiger charge is -2.26. The molecular formula is C27H35N3O3. The number of rotatable bonds is 5. The van der Waals surface area contributed by atoms with Crippen LogP contribution < -0.4 is 10.7 Å². The first kappa shape index (κ1) is 23.3. The molecule has 6 heteroatoms. The van der Waals surface area contributed by atoms with E-state index in [0.717, 1.165) is 50.5 Å². The number of amides is 2. The quantitative estimate of drug-likeness (QED) is 0.739. The maximum atomic E-state index is 13.4. The molecule has 176 valence electrons. The lowest BCUT2D eigenvalue weighted by atomic mass is 9.87. The number of hydrogen-bond donors (Lipinski definition) is 1. The molecule has 6 nitrogen and oxygen atoms in total. The number of benzene rings is 1. The third-order valence-electron chi connectivity index (χ3n) is 6.70. The van der Waals surface area contributed by atoms with Gasteiger partial charge in [0, 0.05) is 32.0 Å². The number of fused-ring (bicyclic) bond motifs is 1. The summed E-state index contributed by atoms with van der Waals surface area (Å²) in [4.78, 5) is 41.8. The van der Waals surface area contributed by atoms with Crippen LogP contribution in [0, 0.1) is 5.92 Å². The second-order valence-corrected chi connectivity index (χ2v) is 9.83. The van der Waals surface area contributed by atoms with Crippen LogP contribution in [0.4, 0.5) is 0 Å². The largest absolute Gasteiger partial charge is 0.352 e. The van der Waals surface area contributed by atoms with E-state index in [2.05, 4.69) is 31.3 Å². The molecular weight excluding hydrogens is 414 g/mol. The summed E-state index contributed by atoms with van der Waals surface area (Å²) in [7, 11) is 0. The first-order valence-electron chi connectivity index (χ1n) is 12.4. The normalized spacial score (nSPS) is 18.5. The van der Waals surface area contributed by atoms with Crippen molar-refractivity contribution in [2.45, 2.75) is 71.4 Å². The SMILES string of the molecule is CC(C)Cn1cc(C(=O)N[C@H]2CCCc3ccccc32)c(=O)c(C(=O)N2CCCCCC2)c1. The minimum atomic E-state index is -0.467. The number of carbonyl (C=O) groups excluding carboxylic acids is 2. The van der Waals surface area contributed by atoms with Crippen molar-refractivity contribution in [1.29, 1.82) is 0 Å². The maximum absolute atomic E-state index is 13.4. The molecule has 1 atom stereocenters. The minimum Gasteiger partial charge on any atom is -0.352 e. The van der Waals surface area contributed by atoms with E-state index in [1.165, 1.54) is 5.56 Å². The highest BCUT2D eigenvalue weighted by Crippen LogP contribution is 2.29. The Morgan fingerprint density at radius 2 is 1.70 bits per heavy atom. The summed E-state index contributed by atoms with van der Waals surface area (Å²) in [6, 6.07) is 8.04. The smallest absolute Gasteiger partial charge is 0.259 e. The Labute approximate surface area is 196 Å². The zero-order valence-corrected chi connectivity index (χ0v) is 19.8. The third-order valence-corrected chi connectivity index (χ3v) is 6.70. The summed E-state index contributed by atoms with van der Waals surface area (Å²) < 4.78 is 1.83. The summed E-state index contributed by atoms with van der Waals surface area (Å²) in [5, 5.41) is 3.09. The molecule has 0 saturated carbocycles. The van der Waals surface area contributed by atoms with Crippen LogP contribution in [0.3, 0.4) is 0 Å². The van der Waals surface area contributed by atoms with Gasteiger partial charge in [0.2, 0.25) is 5.43 Å². The van der Waals surface area contributed by atoms with Crippen LogP contribution in [0.15, 0.2) is 41.5 Å². The summed E-state index contributed by atoms with van der Waals surface area (Å²) >= 11 is 0. The number of pyridine rings is 1. The van der Waals surface area contributed by atoms with Crippen LogP contribution in [0.2, 0.25) is 0 Å². The van der Waals surface area contributed by atoms with Crippen molar-refractivity contribution in [1.82, 2.24) is 14.8 Å². The fraction of sp³-hybridized carbons (Fsp3) is 0.519. The Morgan fingerprint density at radius 1 is 1.00 bits per heavy atom. The molecule has 4 rings (SSSR count). The van der Waals surface area contributed by atoms with Gasteiger partial charge in [0.15, 0.2) is 0 Å². The molecule has 1 fully saturated rings. The molecule has 1 aromatic heterocycles. The number of nitrogens with one attached hydrogen (secondary N) is 1. The molecule has 1 aromatic carbocycles. The second kappa shape index (κ2) is 10.4. The van der Waals surface area contributed by atoms with Gasteiger partial charge in [-0.25, -0.2) is 0 Å². The van der Waals surface area contributed by atoms with E-state index in [4.69, 9.17) is 0 Å². The molecule has 1 aliphatic carbocycles. The monoisotopic (exact) mass is 449 g/mol. The molecule has 1 aliphatic heterocycles. The summed E-state index contributed by atoms with van der Waals surface area (Å²) in [5.74, 6) is -0.337. The van der Waals surface area contributed by atoms with Gasteiger partial charge in [-0.05, 0) is 49.1 Å². The van der Waals surface area contributed by atoms with Gasteiger partial charge >= 0.3 is 0 Å². The van der Waals surface area contributed by atoms with Gasteiger partial charge in [-0.3, -0.25) is 14.4 Å². The fourth-order valence-electron chi connectivity index (χ4n) is 5.06. The van der Waals surface area contributed by atoms with Gasteiger partial charge in [0.1, 0.15) is 11.1 Å². The molecule has 2 aromatic rings. The van der Waals surface area contributed by atoms with E-state index in [9.17, 15) is 14.4 Å². The van der Waals surface area contributed by atoms with Gasteiger partial charge < -0.3 is 14.8 Å². The van der Waals surface area contributed by atoms with Gasteiger partial charge in [0.25, 0.3) is 11.8 Å². The molecule has 2 amide bonds. The minimum absolute atomic E-state index is 0.0550. The lowest BCUT2D eigenvalue weighted by Crippen LogP contribution is -2.39. The maximum Gasteiger partial charge on any atom is 0.259 e. The molecule has 0 bridgehead atoms. The van der Waals surface area contributed by atoms with Crippen LogP contribution in [0.1, 0.15) is 90.3 Å². The van der Waals surface area contributed by atoms with Crippen molar-refractivity contribution in [2.24, 2.45) is 5.92 Å². The highest BCUT2D eigenvalue weighted by Gasteiger charge is 2.27. The molecule has 2 aliphatic rings. The fourth-order valence-corrected chi connectivity index (χ4v) is 5.06. The van der Waals surface area contributed by atoms with E-state index in [1.807, 2.05) is 16.7 Å². The van der Waals surface area contributed by atoms with E-state index in [0.29, 0.717) is 25.6 Å². The lowest BCUT2D eigenvalue weighted by molar-refractivity contribution is 0.0759. The molecule has 0 unspecified atom stereocenters. The first-order chi connectivity index (χ1) is 15.9. The molecule has 2 heterocycles. The van der Waals surface area contributed by atoms with Crippen LogP contribution in [-0.2, 0) is 13.0 Å². The van der Waals surface area contributed by atoms with Crippen molar-refractivity contribution >= 4 is 11.8 Å². The van der Waals surface area contributed by atoms with Crippen molar-refractivity contribution in [3.05, 3.63) is 69.1 Å². The Kier molecular flexibility index (Phi) is 7.31. The first-order valence-corrected chi connectivity index (χ1v) is 12.4. The zero-order valence-electron chi connectivity index (χ0n) is 19.8. The number of likely N-dealkylation sites (tertiary alicyclic amines) is 1. The van der Waals surface area contributed by atoms with Crippen molar-refractivity contribution in [3.8, 4) is 0 Å². The van der Waals surface area contributed by atoms with Gasteiger partial charge in [-0.15, -0.1) is 0 Å². The van der Waals surface area contributed by atoms with Gasteiger partial charge in [-0.2, -0.15) is 0 Å². The molecule has 33 heavy (non-hydrogen) atoms. The Morgan fingerprint density at radius 3 is 2.42 bits per heavy atom. The number of hydrogen-bond acceptors (Lipinski definition) is 3. The van der Waals surface area contributed by atoms with E-state index < -0.39 is 11.3 Å². The Bertz CT molecular complexity index is 1060. The number of nitrogens with zero attached hydrogens (tertiary/aromatic N) is 2. The summed E-state index contributed by atoms with van der Waals surface area (Å²) in [5.41, 5.74) is 2.06. The summed E-state index contributed by atoms with van der Waals surface area (Å²) in [6.45, 7) is 6.11. The van der Waals surface area contributed by atoms with Gasteiger partial charge in [0.05, 0.1) is 6.04 Å². The van der Waals surface area contributed by atoms with Crippen LogP contribution in [0.5, 0.6) is 0 Å². The van der Waals surface area contributed by atoms with E-state index in [1.54, 1.807) is 17.3 Å². The number of aromatic nitrogens is 1. The van der Waals surface area contributed by atoms with Crippen LogP contribution >= 0.6 is 0 Å². The van der Waals surface area contributed by atoms with Crippen molar-refractivity contribution < 1.29 is 9.59 Å². The molecule has 1 saturated heterocycles. The van der Waals surface area contributed by atoms with Crippen LogP contribution in [-0.4, -0.2) is 34.4 Å². The van der Waals surface area contributed by atoms with Crippen molar-refractivity contribution in [3.63, 3.8) is 0 Å². The van der Waals surface area contributed by atoms with Crippen LogP contribution in [0.25, 0.3) is 0 Å². The Hall–Kier alpha value is -2.89. The highest BCUT2D eigenvalue weighted by atomic mass is 16.2. The standard InChI is InChI=1S/C27H35N3O3/c1-19(2)16-29-17-22(25(31)23(18-29)27(33)30-14-7-3-4-8-15-30)26(32)28-24-13-9-11-20-10-5-6-12-21(20)24/h5-6,10,12,17-19,24H,3-4,7-9,11,13-16H2,1-2H3,(H,28,32)/t24-/m0/s1. The summed E-state index contributed by atoms with van der Waals surface area (Å²) in [6.07, 6.45) is 10.2. The average molecular weight is 450 g/mol. The second-order valence-electron chi connectivity index (χ2n) is 9.83. The molecule has 0 spiro atoms. The van der Waals surface area contributed by atoms with E-state index >= 15 is 0 Å². The zero-order chi connectivity index (χ0) is 23.4. The number of aryl methyl sites for hydroxylation is 1. The highest BCUT2D eigenvalue weighted by molar-refractivity contribution is 5.99. The average Bonchev–Trinajstić information content (AvgIpc) is 3.09. The van der Waals surface area contributed by atoms with Crippen molar-refractivity contribution in [2.75, 3.05) is 13.1 Å². The molecule has 0 radical (unpaired) electrons. The predicted octanol–water partition coefficient (Wildman–Crippen LogP) is 4.33. The number of carbonyl (C=O) groups is 2. The topological polar surface area (TPSA) is 71.4 Å². The predicted molar refractivity (Wildman–Crippen MR) is 129 cm³/mol. The van der Waals surface area contributed by atoms with Gasteiger partial charge in [-0.1, -0.05) is 51.0 Å². The van der Waals surface area contributed by atoms with E-state index in [-0.39, 0.29) is 23.1 Å².